The third-order valence-electron chi connectivity index (χ3n) is 2.13. The molecular formula is C12H7FINO3. The van der Waals surface area contributed by atoms with E-state index < -0.39 is 17.3 Å². The van der Waals surface area contributed by atoms with Crippen LogP contribution in [0, 0.1) is 9.39 Å². The molecule has 0 unspecified atom stereocenters. The van der Waals surface area contributed by atoms with Gasteiger partial charge in [-0.05, 0) is 40.8 Å². The number of carboxylic acids is 1. The van der Waals surface area contributed by atoms with Gasteiger partial charge < -0.3 is 9.84 Å². The van der Waals surface area contributed by atoms with Gasteiger partial charge in [0.15, 0.2) is 5.82 Å². The number of benzene rings is 1. The van der Waals surface area contributed by atoms with Gasteiger partial charge in [0.25, 0.3) is 5.88 Å². The van der Waals surface area contributed by atoms with Crippen LogP contribution in [0.4, 0.5) is 4.39 Å². The van der Waals surface area contributed by atoms with E-state index in [1.54, 1.807) is 18.2 Å². The van der Waals surface area contributed by atoms with Crippen molar-refractivity contribution in [2.24, 2.45) is 0 Å². The number of pyridine rings is 1. The van der Waals surface area contributed by atoms with Crippen molar-refractivity contribution >= 4 is 28.6 Å². The molecule has 0 spiro atoms. The third-order valence-corrected chi connectivity index (χ3v) is 3.02. The van der Waals surface area contributed by atoms with Gasteiger partial charge in [-0.1, -0.05) is 12.1 Å². The monoisotopic (exact) mass is 359 g/mol. The minimum atomic E-state index is -1.36. The predicted octanol–water partition coefficient (Wildman–Crippen LogP) is 3.32. The van der Waals surface area contributed by atoms with Crippen molar-refractivity contribution in [1.29, 1.82) is 0 Å². The highest BCUT2D eigenvalue weighted by molar-refractivity contribution is 14.1. The lowest BCUT2D eigenvalue weighted by atomic mass is 10.2. The normalized spacial score (nSPS) is 10.1. The summed E-state index contributed by atoms with van der Waals surface area (Å²) in [6, 6.07) is 8.06. The molecule has 2 rings (SSSR count). The molecular weight excluding hydrogens is 352 g/mol. The SMILES string of the molecule is O=C(O)c1ccnc(Oc2ccccc2I)c1F. The van der Waals surface area contributed by atoms with Crippen LogP contribution in [0.2, 0.25) is 0 Å². The van der Waals surface area contributed by atoms with E-state index in [1.807, 2.05) is 28.7 Å². The van der Waals surface area contributed by atoms with E-state index in [-0.39, 0.29) is 5.88 Å². The second-order valence-corrected chi connectivity index (χ2v) is 4.48. The van der Waals surface area contributed by atoms with Crippen molar-refractivity contribution in [1.82, 2.24) is 4.98 Å². The highest BCUT2D eigenvalue weighted by atomic mass is 127. The van der Waals surface area contributed by atoms with Gasteiger partial charge in [0.05, 0.1) is 3.57 Å². The minimum Gasteiger partial charge on any atom is -0.478 e. The zero-order valence-electron chi connectivity index (χ0n) is 8.93. The van der Waals surface area contributed by atoms with E-state index in [1.165, 1.54) is 6.20 Å². The lowest BCUT2D eigenvalue weighted by Crippen LogP contribution is -2.03. The van der Waals surface area contributed by atoms with Gasteiger partial charge in [0, 0.05) is 6.20 Å². The molecule has 0 fully saturated rings. The van der Waals surface area contributed by atoms with Crippen molar-refractivity contribution in [2.45, 2.75) is 0 Å². The number of hydrogen-bond acceptors (Lipinski definition) is 3. The molecule has 0 saturated carbocycles. The molecule has 0 aliphatic carbocycles. The summed E-state index contributed by atoms with van der Waals surface area (Å²) in [6.45, 7) is 0. The van der Waals surface area contributed by atoms with E-state index in [2.05, 4.69) is 4.98 Å². The van der Waals surface area contributed by atoms with Crippen molar-refractivity contribution in [3.05, 3.63) is 51.5 Å². The number of rotatable bonds is 3. The average molecular weight is 359 g/mol. The van der Waals surface area contributed by atoms with E-state index in [9.17, 15) is 9.18 Å². The molecule has 1 N–H and O–H groups in total. The standard InChI is InChI=1S/C12H7FINO3/c13-10-7(12(16)17)5-6-15-11(10)18-9-4-2-1-3-8(9)14/h1-6H,(H,16,17). The Kier molecular flexibility index (Phi) is 3.75. The number of halogens is 2. The molecule has 18 heavy (non-hydrogen) atoms. The number of para-hydroxylation sites is 1. The highest BCUT2D eigenvalue weighted by Gasteiger charge is 2.17. The van der Waals surface area contributed by atoms with Crippen molar-refractivity contribution in [3.8, 4) is 11.6 Å². The van der Waals surface area contributed by atoms with E-state index in [0.29, 0.717) is 5.75 Å². The van der Waals surface area contributed by atoms with Gasteiger partial charge in [-0.2, -0.15) is 0 Å². The molecule has 0 saturated heterocycles. The van der Waals surface area contributed by atoms with Crippen LogP contribution in [-0.4, -0.2) is 16.1 Å². The zero-order valence-corrected chi connectivity index (χ0v) is 11.1. The Bertz CT molecular complexity index is 604. The molecule has 0 aliphatic rings. The second kappa shape index (κ2) is 5.30. The number of hydrogen-bond donors (Lipinski definition) is 1. The molecule has 1 aromatic carbocycles. The zero-order chi connectivity index (χ0) is 13.1. The topological polar surface area (TPSA) is 59.4 Å². The molecule has 4 nitrogen and oxygen atoms in total. The molecule has 0 aliphatic heterocycles. The fourth-order valence-electron chi connectivity index (χ4n) is 1.29. The van der Waals surface area contributed by atoms with Gasteiger partial charge >= 0.3 is 5.97 Å². The van der Waals surface area contributed by atoms with E-state index in [0.717, 1.165) is 9.64 Å². The van der Waals surface area contributed by atoms with Gasteiger partial charge in [0.1, 0.15) is 11.3 Å². The fraction of sp³-hybridized carbons (Fsp3) is 0. The number of aromatic nitrogens is 1. The Morgan fingerprint density at radius 2 is 2.06 bits per heavy atom. The third kappa shape index (κ3) is 2.58. The Morgan fingerprint density at radius 3 is 2.72 bits per heavy atom. The molecule has 0 atom stereocenters. The largest absolute Gasteiger partial charge is 0.478 e. The van der Waals surface area contributed by atoms with Crippen molar-refractivity contribution in [3.63, 3.8) is 0 Å². The van der Waals surface area contributed by atoms with E-state index >= 15 is 0 Å². The van der Waals surface area contributed by atoms with Crippen LogP contribution in [0.3, 0.4) is 0 Å². The number of carboxylic acid groups (broad SMARTS) is 1. The maximum absolute atomic E-state index is 13.8. The summed E-state index contributed by atoms with van der Waals surface area (Å²) in [5, 5.41) is 8.79. The first-order chi connectivity index (χ1) is 8.59. The lowest BCUT2D eigenvalue weighted by Gasteiger charge is -2.08. The molecule has 0 radical (unpaired) electrons. The Hall–Kier alpha value is -1.70. The maximum atomic E-state index is 13.8. The number of aromatic carboxylic acids is 1. The summed E-state index contributed by atoms with van der Waals surface area (Å²) >= 11 is 2.03. The van der Waals surface area contributed by atoms with Crippen LogP contribution in [-0.2, 0) is 0 Å². The van der Waals surface area contributed by atoms with Crippen molar-refractivity contribution in [2.75, 3.05) is 0 Å². The number of ether oxygens (including phenoxy) is 1. The molecule has 1 aromatic heterocycles. The summed E-state index contributed by atoms with van der Waals surface area (Å²) in [5.41, 5.74) is -0.467. The molecule has 1 heterocycles. The molecule has 6 heteroatoms. The Morgan fingerprint density at radius 1 is 1.33 bits per heavy atom. The van der Waals surface area contributed by atoms with Gasteiger partial charge in [0.2, 0.25) is 0 Å². The maximum Gasteiger partial charge on any atom is 0.338 e. The summed E-state index contributed by atoms with van der Waals surface area (Å²) in [6.07, 6.45) is 1.19. The molecule has 92 valence electrons. The van der Waals surface area contributed by atoms with Crippen LogP contribution in [0.1, 0.15) is 10.4 Å². The summed E-state index contributed by atoms with van der Waals surface area (Å²) in [5.74, 6) is -2.27. The van der Waals surface area contributed by atoms with Gasteiger partial charge in [-0.25, -0.2) is 14.2 Å². The minimum absolute atomic E-state index is 0.348. The van der Waals surface area contributed by atoms with Gasteiger partial charge in [-0.15, -0.1) is 0 Å². The summed E-state index contributed by atoms with van der Waals surface area (Å²) in [4.78, 5) is 14.5. The Balaban J connectivity index is 2.39. The second-order valence-electron chi connectivity index (χ2n) is 3.32. The van der Waals surface area contributed by atoms with E-state index in [4.69, 9.17) is 9.84 Å². The average Bonchev–Trinajstić information content (AvgIpc) is 2.34. The molecule has 0 amide bonds. The van der Waals surface area contributed by atoms with Gasteiger partial charge in [-0.3, -0.25) is 0 Å². The van der Waals surface area contributed by atoms with Crippen LogP contribution >= 0.6 is 22.6 Å². The predicted molar refractivity (Wildman–Crippen MR) is 70.4 cm³/mol. The van der Waals surface area contributed by atoms with Crippen molar-refractivity contribution < 1.29 is 19.0 Å². The molecule has 2 aromatic rings. The number of carbonyl (C=O) groups is 1. The van der Waals surface area contributed by atoms with Crippen LogP contribution < -0.4 is 4.74 Å². The molecule has 0 bridgehead atoms. The number of nitrogens with zero attached hydrogens (tertiary/aromatic N) is 1. The van der Waals surface area contributed by atoms with Crippen LogP contribution in [0.25, 0.3) is 0 Å². The quantitative estimate of drug-likeness (QED) is 0.855. The first-order valence-corrected chi connectivity index (χ1v) is 5.97. The highest BCUT2D eigenvalue weighted by Crippen LogP contribution is 2.27. The summed E-state index contributed by atoms with van der Waals surface area (Å²) in [7, 11) is 0. The van der Waals surface area contributed by atoms with Crippen LogP contribution in [0.5, 0.6) is 11.6 Å². The first-order valence-electron chi connectivity index (χ1n) is 4.90. The smallest absolute Gasteiger partial charge is 0.338 e. The first kappa shape index (κ1) is 12.7. The van der Waals surface area contributed by atoms with Crippen LogP contribution in [0.15, 0.2) is 36.5 Å². The fourth-order valence-corrected chi connectivity index (χ4v) is 1.79. The lowest BCUT2D eigenvalue weighted by molar-refractivity contribution is 0.0690. The summed E-state index contributed by atoms with van der Waals surface area (Å²) < 4.78 is 19.8. The Labute approximate surface area is 116 Å².